The molecule has 2 rings (SSSR count). The van der Waals surface area contributed by atoms with Crippen molar-refractivity contribution >= 4 is 28.4 Å². The van der Waals surface area contributed by atoms with E-state index in [1.54, 1.807) is 7.11 Å². The Morgan fingerprint density at radius 1 is 1.16 bits per heavy atom. The summed E-state index contributed by atoms with van der Waals surface area (Å²) < 4.78 is 6.01. The molecule has 0 spiro atoms. The molecule has 1 aromatic carbocycles. The molecule has 2 N–H and O–H groups in total. The van der Waals surface area contributed by atoms with E-state index in [0.29, 0.717) is 12.4 Å². The maximum atomic E-state index is 5.91. The average Bonchev–Trinajstić information content (AvgIpc) is 2.43. The lowest BCUT2D eigenvalue weighted by atomic mass is 10.1. The molecular weight excluding hydrogens is 353 g/mol. The van der Waals surface area contributed by atoms with Crippen molar-refractivity contribution in [2.75, 3.05) is 12.8 Å². The Morgan fingerprint density at radius 2 is 1.89 bits per heavy atom. The third-order valence-electron chi connectivity index (χ3n) is 2.75. The summed E-state index contributed by atoms with van der Waals surface area (Å²) in [5.41, 5.74) is 8.04. The molecule has 0 saturated heterocycles. The van der Waals surface area contributed by atoms with Crippen LogP contribution in [0, 0.1) is 3.57 Å². The van der Waals surface area contributed by atoms with Gasteiger partial charge in [-0.3, -0.25) is 0 Å². The third-order valence-corrected chi connectivity index (χ3v) is 3.93. The number of hydrogen-bond donors (Lipinski definition) is 1. The molecular formula is C14H16IN3O. The van der Waals surface area contributed by atoms with E-state index in [2.05, 4.69) is 44.7 Å². The van der Waals surface area contributed by atoms with Crippen LogP contribution in [0.2, 0.25) is 0 Å². The first-order chi connectivity index (χ1) is 9.20. The van der Waals surface area contributed by atoms with Crippen molar-refractivity contribution in [2.24, 2.45) is 0 Å². The molecule has 1 heterocycles. The number of benzene rings is 1. The fourth-order valence-electron chi connectivity index (χ4n) is 1.81. The number of rotatable bonds is 5. The van der Waals surface area contributed by atoms with E-state index in [1.807, 2.05) is 18.2 Å². The molecule has 1 aromatic heterocycles. The summed E-state index contributed by atoms with van der Waals surface area (Å²) in [7, 11) is 1.65. The monoisotopic (exact) mass is 369 g/mol. The highest BCUT2D eigenvalue weighted by Crippen LogP contribution is 2.17. The van der Waals surface area contributed by atoms with Gasteiger partial charge in [-0.2, -0.15) is 0 Å². The molecule has 0 aliphatic heterocycles. The van der Waals surface area contributed by atoms with E-state index in [1.165, 1.54) is 5.56 Å². The first-order valence-electron chi connectivity index (χ1n) is 6.04. The lowest BCUT2D eigenvalue weighted by Gasteiger charge is -2.08. The summed E-state index contributed by atoms with van der Waals surface area (Å²) >= 11 is 2.15. The number of aromatic nitrogens is 2. The molecule has 4 nitrogen and oxygen atoms in total. The number of nitrogens with zero attached hydrogens (tertiary/aromatic N) is 2. The number of halogens is 1. The van der Waals surface area contributed by atoms with Gasteiger partial charge in [-0.25, -0.2) is 9.97 Å². The fourth-order valence-corrected chi connectivity index (χ4v) is 2.21. The van der Waals surface area contributed by atoms with E-state index < -0.39 is 0 Å². The summed E-state index contributed by atoms with van der Waals surface area (Å²) in [4.78, 5) is 8.85. The molecule has 0 bridgehead atoms. The van der Waals surface area contributed by atoms with Gasteiger partial charge in [0.25, 0.3) is 0 Å². The number of methoxy groups -OCH3 is 1. The Bertz CT molecular complexity index is 546. The van der Waals surface area contributed by atoms with Crippen molar-refractivity contribution in [1.82, 2.24) is 9.97 Å². The average molecular weight is 369 g/mol. The Morgan fingerprint density at radius 3 is 2.58 bits per heavy atom. The Labute approximate surface area is 126 Å². The maximum absolute atomic E-state index is 5.91. The second-order valence-corrected chi connectivity index (χ2v) is 5.28. The van der Waals surface area contributed by atoms with Crippen molar-refractivity contribution in [1.29, 1.82) is 0 Å². The van der Waals surface area contributed by atoms with Crippen molar-refractivity contribution in [3.05, 3.63) is 51.0 Å². The first-order valence-corrected chi connectivity index (χ1v) is 7.12. The number of nitrogens with two attached hydrogens (primary N) is 1. The minimum Gasteiger partial charge on any atom is -0.383 e. The molecule has 0 unspecified atom stereocenters. The summed E-state index contributed by atoms with van der Waals surface area (Å²) in [6.07, 6.45) is 1.69. The fraction of sp³-hybridized carbons (Fsp3) is 0.286. The lowest BCUT2D eigenvalue weighted by molar-refractivity contribution is 0.180. The predicted molar refractivity (Wildman–Crippen MR) is 83.7 cm³/mol. The van der Waals surface area contributed by atoms with Gasteiger partial charge in [0.1, 0.15) is 11.6 Å². The van der Waals surface area contributed by atoms with Crippen LogP contribution in [0.5, 0.6) is 0 Å². The summed E-state index contributed by atoms with van der Waals surface area (Å²) in [5, 5.41) is 0. The summed E-state index contributed by atoms with van der Waals surface area (Å²) in [6, 6.07) is 10.3. The van der Waals surface area contributed by atoms with Gasteiger partial charge in [0, 0.05) is 13.5 Å². The van der Waals surface area contributed by atoms with Gasteiger partial charge in [0.05, 0.1) is 15.9 Å². The van der Waals surface area contributed by atoms with Gasteiger partial charge in [-0.05, 0) is 34.6 Å². The third kappa shape index (κ3) is 3.87. The Hall–Kier alpha value is -1.21. The standard InChI is InChI=1S/C14H16IN3O/c1-19-9-11-13(15)14(16)18-12(17-11)8-7-10-5-3-2-4-6-10/h2-6H,7-9H2,1H3,(H2,16,17,18). The van der Waals surface area contributed by atoms with E-state index in [9.17, 15) is 0 Å². The van der Waals surface area contributed by atoms with Crippen LogP contribution in [0.4, 0.5) is 5.82 Å². The molecule has 0 aliphatic carbocycles. The van der Waals surface area contributed by atoms with Crippen LogP contribution in [0.15, 0.2) is 30.3 Å². The molecule has 2 aromatic rings. The van der Waals surface area contributed by atoms with Gasteiger partial charge in [-0.1, -0.05) is 30.3 Å². The minimum atomic E-state index is 0.462. The molecule has 0 saturated carbocycles. The lowest BCUT2D eigenvalue weighted by Crippen LogP contribution is -2.09. The number of nitrogen functional groups attached to an aromatic ring is 1. The highest BCUT2D eigenvalue weighted by Gasteiger charge is 2.09. The van der Waals surface area contributed by atoms with Crippen LogP contribution in [0.25, 0.3) is 0 Å². The normalized spacial score (nSPS) is 10.6. The molecule has 5 heteroatoms. The quantitative estimate of drug-likeness (QED) is 0.824. The number of hydrogen-bond acceptors (Lipinski definition) is 4. The van der Waals surface area contributed by atoms with Gasteiger partial charge < -0.3 is 10.5 Å². The zero-order valence-corrected chi connectivity index (χ0v) is 12.9. The highest BCUT2D eigenvalue weighted by atomic mass is 127. The van der Waals surface area contributed by atoms with Gasteiger partial charge >= 0.3 is 0 Å². The van der Waals surface area contributed by atoms with Crippen LogP contribution >= 0.6 is 22.6 Å². The van der Waals surface area contributed by atoms with E-state index >= 15 is 0 Å². The number of ether oxygens (including phenoxy) is 1. The zero-order valence-electron chi connectivity index (χ0n) is 10.8. The van der Waals surface area contributed by atoms with Crippen molar-refractivity contribution in [2.45, 2.75) is 19.4 Å². The van der Waals surface area contributed by atoms with Crippen LogP contribution in [0.1, 0.15) is 17.1 Å². The highest BCUT2D eigenvalue weighted by molar-refractivity contribution is 14.1. The van der Waals surface area contributed by atoms with Crippen LogP contribution in [0.3, 0.4) is 0 Å². The molecule has 0 radical (unpaired) electrons. The topological polar surface area (TPSA) is 61.0 Å². The van der Waals surface area contributed by atoms with Crippen LogP contribution in [-0.2, 0) is 24.2 Å². The largest absolute Gasteiger partial charge is 0.383 e. The molecule has 0 atom stereocenters. The smallest absolute Gasteiger partial charge is 0.140 e. The van der Waals surface area contributed by atoms with Crippen molar-refractivity contribution in [3.63, 3.8) is 0 Å². The first kappa shape index (κ1) is 14.2. The second kappa shape index (κ2) is 6.81. The zero-order chi connectivity index (χ0) is 13.7. The molecule has 100 valence electrons. The van der Waals surface area contributed by atoms with E-state index in [-0.39, 0.29) is 0 Å². The maximum Gasteiger partial charge on any atom is 0.140 e. The van der Waals surface area contributed by atoms with Gasteiger partial charge in [0.15, 0.2) is 0 Å². The Balaban J connectivity index is 2.12. The van der Waals surface area contributed by atoms with Crippen LogP contribution in [-0.4, -0.2) is 17.1 Å². The predicted octanol–water partition coefficient (Wildman–Crippen LogP) is 2.59. The van der Waals surface area contributed by atoms with E-state index in [4.69, 9.17) is 10.5 Å². The Kier molecular flexibility index (Phi) is 5.09. The van der Waals surface area contributed by atoms with E-state index in [0.717, 1.165) is 27.9 Å². The molecule has 0 amide bonds. The molecule has 19 heavy (non-hydrogen) atoms. The van der Waals surface area contributed by atoms with Gasteiger partial charge in [-0.15, -0.1) is 0 Å². The molecule has 0 aliphatic rings. The number of anilines is 1. The molecule has 0 fully saturated rings. The summed E-state index contributed by atoms with van der Waals surface area (Å²) in [6.45, 7) is 0.462. The SMILES string of the molecule is COCc1nc(CCc2ccccc2)nc(N)c1I. The van der Waals surface area contributed by atoms with Crippen molar-refractivity contribution in [3.8, 4) is 0 Å². The van der Waals surface area contributed by atoms with Crippen LogP contribution < -0.4 is 5.73 Å². The van der Waals surface area contributed by atoms with Gasteiger partial charge in [0.2, 0.25) is 0 Å². The van der Waals surface area contributed by atoms with Crippen molar-refractivity contribution < 1.29 is 4.74 Å². The second-order valence-electron chi connectivity index (χ2n) is 4.20. The summed E-state index contributed by atoms with van der Waals surface area (Å²) in [5.74, 6) is 1.31. The number of aryl methyl sites for hydroxylation is 2. The minimum absolute atomic E-state index is 0.462.